The highest BCUT2D eigenvalue weighted by molar-refractivity contribution is 7.90. The molecule has 3 fully saturated rings. The lowest BCUT2D eigenvalue weighted by atomic mass is 9.94. The average molecular weight is 470 g/mol. The van der Waals surface area contributed by atoms with E-state index in [2.05, 4.69) is 9.97 Å². The average Bonchev–Trinajstić information content (AvgIpc) is 3.28. The zero-order valence-corrected chi connectivity index (χ0v) is 19.2. The van der Waals surface area contributed by atoms with E-state index >= 15 is 0 Å². The topological polar surface area (TPSA) is 117 Å². The van der Waals surface area contributed by atoms with E-state index < -0.39 is 9.84 Å². The molecule has 10 nitrogen and oxygen atoms in total. The first-order valence-electron chi connectivity index (χ1n) is 11.2. The fourth-order valence-electron chi connectivity index (χ4n) is 4.28. The third-order valence-electron chi connectivity index (χ3n) is 6.13. The smallest absolute Gasteiger partial charge is 0.410 e. The first-order valence-corrected chi connectivity index (χ1v) is 13.1. The number of carbonyl (C=O) groups excluding carboxylic acids is 1. The van der Waals surface area contributed by atoms with Gasteiger partial charge in [0.25, 0.3) is 0 Å². The van der Waals surface area contributed by atoms with Crippen molar-refractivity contribution >= 4 is 15.9 Å². The molecule has 0 aromatic carbocycles. The third kappa shape index (κ3) is 6.29. The Bertz CT molecular complexity index is 858. The van der Waals surface area contributed by atoms with Gasteiger partial charge in [-0.25, -0.2) is 23.2 Å². The van der Waals surface area contributed by atoms with Crippen LogP contribution in [0.4, 0.5) is 4.79 Å². The normalized spacial score (nSPS) is 27.3. The Morgan fingerprint density at radius 3 is 2.25 bits per heavy atom. The number of piperidine rings is 1. The van der Waals surface area contributed by atoms with E-state index in [9.17, 15) is 13.2 Å². The van der Waals surface area contributed by atoms with Crippen LogP contribution in [0.3, 0.4) is 0 Å². The number of nitrogens with zero attached hydrogens (tertiary/aromatic N) is 3. The summed E-state index contributed by atoms with van der Waals surface area (Å²) in [5, 5.41) is -0.0613. The summed E-state index contributed by atoms with van der Waals surface area (Å²) in [6, 6.07) is 0. The highest BCUT2D eigenvalue weighted by Crippen LogP contribution is 2.27. The predicted molar refractivity (Wildman–Crippen MR) is 113 cm³/mol. The summed E-state index contributed by atoms with van der Waals surface area (Å²) in [6.45, 7) is 2.45. The van der Waals surface area contributed by atoms with E-state index in [0.29, 0.717) is 32.2 Å². The van der Waals surface area contributed by atoms with Crippen LogP contribution in [0.2, 0.25) is 0 Å². The number of amides is 1. The molecule has 32 heavy (non-hydrogen) atoms. The molecule has 3 heterocycles. The van der Waals surface area contributed by atoms with Gasteiger partial charge in [0.1, 0.15) is 12.2 Å². The highest BCUT2D eigenvalue weighted by atomic mass is 32.2. The van der Waals surface area contributed by atoms with Crippen molar-refractivity contribution in [1.29, 1.82) is 0 Å². The molecule has 2 aliphatic heterocycles. The Hall–Kier alpha value is -1.98. The van der Waals surface area contributed by atoms with E-state index in [-0.39, 0.29) is 35.5 Å². The van der Waals surface area contributed by atoms with Crippen molar-refractivity contribution in [3.8, 4) is 5.88 Å². The summed E-state index contributed by atoms with van der Waals surface area (Å²) in [5.74, 6) is 0.338. The molecule has 1 amide bonds. The molecule has 0 unspecified atom stereocenters. The van der Waals surface area contributed by atoms with Crippen molar-refractivity contribution in [2.45, 2.75) is 74.4 Å². The van der Waals surface area contributed by atoms with Gasteiger partial charge in [0, 0.05) is 25.8 Å². The number of hydrogen-bond acceptors (Lipinski definition) is 9. The SMILES string of the molecule is CS(=O)(=O)c1cnc(O[C@H]2CC[C@H](OC3CCN(C(=O)O[C@H]4CCOC4)CC3)CC2)cn1. The second kappa shape index (κ2) is 10.3. The maximum atomic E-state index is 12.3. The quantitative estimate of drug-likeness (QED) is 0.616. The number of likely N-dealkylation sites (tertiary alicyclic amines) is 1. The van der Waals surface area contributed by atoms with Gasteiger partial charge in [-0.15, -0.1) is 0 Å². The van der Waals surface area contributed by atoms with Gasteiger partial charge in [0.15, 0.2) is 14.9 Å². The number of carbonyl (C=O) groups is 1. The summed E-state index contributed by atoms with van der Waals surface area (Å²) < 4.78 is 45.8. The van der Waals surface area contributed by atoms with Gasteiger partial charge >= 0.3 is 6.09 Å². The van der Waals surface area contributed by atoms with Gasteiger partial charge in [-0.05, 0) is 38.5 Å². The van der Waals surface area contributed by atoms with Gasteiger partial charge in [0.05, 0.1) is 37.8 Å². The number of sulfone groups is 1. The molecule has 3 aliphatic rings. The van der Waals surface area contributed by atoms with Crippen LogP contribution in [-0.4, -0.2) is 86.4 Å². The molecular weight excluding hydrogens is 438 g/mol. The summed E-state index contributed by atoms with van der Waals surface area (Å²) in [7, 11) is -3.37. The Balaban J connectivity index is 1.14. The van der Waals surface area contributed by atoms with Crippen LogP contribution in [0, 0.1) is 0 Å². The molecule has 2 saturated heterocycles. The van der Waals surface area contributed by atoms with Crippen LogP contribution in [0.1, 0.15) is 44.9 Å². The van der Waals surface area contributed by atoms with Crippen molar-refractivity contribution < 1.29 is 32.2 Å². The second-order valence-corrected chi connectivity index (χ2v) is 10.6. The Kier molecular flexibility index (Phi) is 7.47. The molecule has 178 valence electrons. The molecule has 1 aromatic rings. The van der Waals surface area contributed by atoms with Gasteiger partial charge in [-0.2, -0.15) is 0 Å². The fourth-order valence-corrected chi connectivity index (χ4v) is 4.77. The van der Waals surface area contributed by atoms with Crippen LogP contribution in [0.5, 0.6) is 5.88 Å². The Morgan fingerprint density at radius 1 is 0.969 bits per heavy atom. The lowest BCUT2D eigenvalue weighted by Gasteiger charge is -2.35. The minimum Gasteiger partial charge on any atom is -0.473 e. The molecule has 4 rings (SSSR count). The molecule has 1 aromatic heterocycles. The van der Waals surface area contributed by atoms with Crippen molar-refractivity contribution in [2.24, 2.45) is 0 Å². The molecule has 1 aliphatic carbocycles. The molecule has 0 radical (unpaired) electrons. The van der Waals surface area contributed by atoms with Crippen molar-refractivity contribution in [3.63, 3.8) is 0 Å². The maximum absolute atomic E-state index is 12.3. The minimum atomic E-state index is -3.37. The van der Waals surface area contributed by atoms with E-state index in [1.165, 1.54) is 12.4 Å². The van der Waals surface area contributed by atoms with Crippen LogP contribution in [0.25, 0.3) is 0 Å². The molecular formula is C21H31N3O7S. The zero-order chi connectivity index (χ0) is 22.6. The molecule has 1 atom stereocenters. The highest BCUT2D eigenvalue weighted by Gasteiger charge is 2.30. The van der Waals surface area contributed by atoms with E-state index in [1.807, 2.05) is 0 Å². The van der Waals surface area contributed by atoms with Crippen LogP contribution >= 0.6 is 0 Å². The third-order valence-corrected chi connectivity index (χ3v) is 7.10. The van der Waals surface area contributed by atoms with Gasteiger partial charge in [-0.1, -0.05) is 0 Å². The van der Waals surface area contributed by atoms with E-state index in [4.69, 9.17) is 18.9 Å². The van der Waals surface area contributed by atoms with Crippen LogP contribution < -0.4 is 4.74 Å². The Labute approximate surface area is 188 Å². The second-order valence-electron chi connectivity index (χ2n) is 8.67. The monoisotopic (exact) mass is 469 g/mol. The molecule has 1 saturated carbocycles. The summed E-state index contributed by atoms with van der Waals surface area (Å²) in [5.41, 5.74) is 0. The zero-order valence-electron chi connectivity index (χ0n) is 18.3. The Morgan fingerprint density at radius 2 is 1.66 bits per heavy atom. The van der Waals surface area contributed by atoms with Gasteiger partial charge < -0.3 is 23.8 Å². The fraction of sp³-hybridized carbons (Fsp3) is 0.762. The number of rotatable bonds is 6. The standard InChI is InChI=1S/C21H31N3O7S/c1-32(26,27)20-13-22-19(12-23-20)30-16-4-2-15(3-5-16)29-17-6-9-24(10-7-17)21(25)31-18-8-11-28-14-18/h12-13,15-18H,2-11,14H2,1H3/t15-,16-,18-/m0/s1. The number of aromatic nitrogens is 2. The van der Waals surface area contributed by atoms with Crippen molar-refractivity contribution in [1.82, 2.24) is 14.9 Å². The largest absolute Gasteiger partial charge is 0.473 e. The lowest BCUT2D eigenvalue weighted by molar-refractivity contribution is -0.0663. The lowest BCUT2D eigenvalue weighted by Crippen LogP contribution is -2.43. The number of ether oxygens (including phenoxy) is 4. The maximum Gasteiger partial charge on any atom is 0.410 e. The molecule has 0 spiro atoms. The van der Waals surface area contributed by atoms with Gasteiger partial charge in [0.2, 0.25) is 5.88 Å². The van der Waals surface area contributed by atoms with E-state index in [1.54, 1.807) is 4.90 Å². The van der Waals surface area contributed by atoms with E-state index in [0.717, 1.165) is 51.2 Å². The first-order chi connectivity index (χ1) is 15.4. The van der Waals surface area contributed by atoms with Gasteiger partial charge in [-0.3, -0.25) is 0 Å². The summed E-state index contributed by atoms with van der Waals surface area (Å²) in [6.07, 6.45) is 9.56. The van der Waals surface area contributed by atoms with Crippen molar-refractivity contribution in [2.75, 3.05) is 32.6 Å². The summed E-state index contributed by atoms with van der Waals surface area (Å²) in [4.78, 5) is 22.0. The first kappa shape index (κ1) is 23.2. The van der Waals surface area contributed by atoms with Crippen LogP contribution in [-0.2, 0) is 24.0 Å². The van der Waals surface area contributed by atoms with Crippen LogP contribution in [0.15, 0.2) is 17.4 Å². The summed E-state index contributed by atoms with van der Waals surface area (Å²) >= 11 is 0. The molecule has 11 heteroatoms. The molecule has 0 bridgehead atoms. The molecule has 0 N–H and O–H groups in total. The number of hydrogen-bond donors (Lipinski definition) is 0. The predicted octanol–water partition coefficient (Wildman–Crippen LogP) is 1.98. The minimum absolute atomic E-state index is 0.0180. The van der Waals surface area contributed by atoms with Crippen molar-refractivity contribution in [3.05, 3.63) is 12.4 Å².